The lowest BCUT2D eigenvalue weighted by molar-refractivity contribution is 0.179. The summed E-state index contributed by atoms with van der Waals surface area (Å²) >= 11 is 5.74. The highest BCUT2D eigenvalue weighted by atomic mass is 35.5. The normalized spacial score (nSPS) is 20.4. The minimum Gasteiger partial charge on any atom is -0.385 e. The zero-order chi connectivity index (χ0) is 13.5. The molecule has 1 aliphatic heterocycles. The van der Waals surface area contributed by atoms with Gasteiger partial charge in [0.05, 0.1) is 0 Å². The fourth-order valence-electron chi connectivity index (χ4n) is 2.79. The summed E-state index contributed by atoms with van der Waals surface area (Å²) in [7, 11) is 2.25. The van der Waals surface area contributed by atoms with Gasteiger partial charge in [-0.25, -0.2) is 0 Å². The maximum Gasteiger partial charge on any atom is 0.0340 e. The largest absolute Gasteiger partial charge is 0.385 e. The Morgan fingerprint density at radius 3 is 2.74 bits per heavy atom. The van der Waals surface area contributed by atoms with Gasteiger partial charge in [0.2, 0.25) is 0 Å². The second kappa shape index (κ2) is 7.76. The van der Waals surface area contributed by atoms with E-state index in [1.54, 1.807) is 0 Å². The van der Waals surface area contributed by atoms with Gasteiger partial charge in [-0.2, -0.15) is 0 Å². The molecule has 0 aromatic heterocycles. The fourth-order valence-corrected chi connectivity index (χ4v) is 3.01. The lowest BCUT2D eigenvalue weighted by atomic mass is 10.0. The van der Waals surface area contributed by atoms with Crippen molar-refractivity contribution in [2.45, 2.75) is 38.1 Å². The monoisotopic (exact) mass is 280 g/mol. The summed E-state index contributed by atoms with van der Waals surface area (Å²) in [6.07, 6.45) is 6.30. The van der Waals surface area contributed by atoms with Crippen molar-refractivity contribution in [1.29, 1.82) is 0 Å². The van der Waals surface area contributed by atoms with Crippen LogP contribution < -0.4 is 5.32 Å². The SMILES string of the molecule is CN1CCCCC1CCNc1ccc(CCCl)cc1. The Bertz CT molecular complexity index is 364. The van der Waals surface area contributed by atoms with Gasteiger partial charge in [-0.1, -0.05) is 18.6 Å². The molecule has 0 radical (unpaired) electrons. The minimum absolute atomic E-state index is 0.695. The highest BCUT2D eigenvalue weighted by Gasteiger charge is 2.17. The Hall–Kier alpha value is -0.730. The molecule has 1 aromatic carbocycles. The maximum atomic E-state index is 5.74. The molecule has 1 fully saturated rings. The molecule has 0 bridgehead atoms. The number of hydrogen-bond acceptors (Lipinski definition) is 2. The van der Waals surface area contributed by atoms with E-state index < -0.39 is 0 Å². The van der Waals surface area contributed by atoms with Crippen LogP contribution >= 0.6 is 11.6 Å². The van der Waals surface area contributed by atoms with Gasteiger partial charge < -0.3 is 10.2 Å². The molecule has 19 heavy (non-hydrogen) atoms. The van der Waals surface area contributed by atoms with Gasteiger partial charge in [0.15, 0.2) is 0 Å². The molecule has 0 amide bonds. The van der Waals surface area contributed by atoms with Crippen molar-refractivity contribution in [2.24, 2.45) is 0 Å². The van der Waals surface area contributed by atoms with E-state index in [2.05, 4.69) is 41.5 Å². The van der Waals surface area contributed by atoms with Gasteiger partial charge in [-0.3, -0.25) is 0 Å². The predicted octanol–water partition coefficient (Wildman–Crippen LogP) is 3.75. The number of benzene rings is 1. The van der Waals surface area contributed by atoms with Gasteiger partial charge >= 0.3 is 0 Å². The van der Waals surface area contributed by atoms with Crippen molar-refractivity contribution in [1.82, 2.24) is 4.90 Å². The number of nitrogens with one attached hydrogen (secondary N) is 1. The fraction of sp³-hybridized carbons (Fsp3) is 0.625. The first-order valence-electron chi connectivity index (χ1n) is 7.38. The van der Waals surface area contributed by atoms with E-state index in [1.165, 1.54) is 43.5 Å². The van der Waals surface area contributed by atoms with Crippen molar-refractivity contribution < 1.29 is 0 Å². The standard InChI is InChI=1S/C16H25ClN2/c1-19-13-3-2-4-16(19)10-12-18-15-7-5-14(6-8-15)9-11-17/h5-8,16,18H,2-4,9-13H2,1H3. The molecule has 1 unspecified atom stereocenters. The van der Waals surface area contributed by atoms with Crippen LogP contribution in [-0.2, 0) is 6.42 Å². The van der Waals surface area contributed by atoms with Crippen LogP contribution in [0.15, 0.2) is 24.3 Å². The second-order valence-electron chi connectivity index (χ2n) is 5.48. The van der Waals surface area contributed by atoms with Gasteiger partial charge in [-0.05, 0) is 57.0 Å². The highest BCUT2D eigenvalue weighted by Crippen LogP contribution is 2.18. The number of nitrogens with zero attached hydrogens (tertiary/aromatic N) is 1. The van der Waals surface area contributed by atoms with Crippen molar-refractivity contribution in [3.8, 4) is 0 Å². The quantitative estimate of drug-likeness (QED) is 0.799. The Labute approximate surface area is 122 Å². The molecular weight excluding hydrogens is 256 g/mol. The van der Waals surface area contributed by atoms with Crippen LogP contribution in [0.5, 0.6) is 0 Å². The average molecular weight is 281 g/mol. The summed E-state index contributed by atoms with van der Waals surface area (Å²) in [4.78, 5) is 2.51. The number of halogens is 1. The number of hydrogen-bond donors (Lipinski definition) is 1. The van der Waals surface area contributed by atoms with E-state index in [4.69, 9.17) is 11.6 Å². The summed E-state index contributed by atoms with van der Waals surface area (Å²) < 4.78 is 0. The van der Waals surface area contributed by atoms with E-state index in [-0.39, 0.29) is 0 Å². The van der Waals surface area contributed by atoms with E-state index >= 15 is 0 Å². The smallest absolute Gasteiger partial charge is 0.0340 e. The van der Waals surface area contributed by atoms with Crippen LogP contribution in [0.25, 0.3) is 0 Å². The molecule has 106 valence electrons. The molecule has 3 heteroatoms. The second-order valence-corrected chi connectivity index (χ2v) is 5.86. The first-order valence-corrected chi connectivity index (χ1v) is 7.92. The summed E-state index contributed by atoms with van der Waals surface area (Å²) in [5.74, 6) is 0.695. The molecular formula is C16H25ClN2. The molecule has 0 spiro atoms. The maximum absolute atomic E-state index is 5.74. The van der Waals surface area contributed by atoms with Crippen LogP contribution in [0, 0.1) is 0 Å². The molecule has 1 heterocycles. The number of rotatable bonds is 6. The predicted molar refractivity (Wildman–Crippen MR) is 84.2 cm³/mol. The molecule has 2 nitrogen and oxygen atoms in total. The topological polar surface area (TPSA) is 15.3 Å². The molecule has 1 aromatic rings. The third-order valence-electron chi connectivity index (χ3n) is 4.07. The van der Waals surface area contributed by atoms with Crippen LogP contribution in [0.3, 0.4) is 0 Å². The first-order chi connectivity index (χ1) is 9.29. The summed E-state index contributed by atoms with van der Waals surface area (Å²) in [6.45, 7) is 2.32. The summed E-state index contributed by atoms with van der Waals surface area (Å²) in [5.41, 5.74) is 2.53. The third-order valence-corrected chi connectivity index (χ3v) is 4.25. The van der Waals surface area contributed by atoms with Crippen LogP contribution in [0.1, 0.15) is 31.2 Å². The Balaban J connectivity index is 1.72. The van der Waals surface area contributed by atoms with Crippen molar-refractivity contribution in [3.05, 3.63) is 29.8 Å². The number of likely N-dealkylation sites (tertiary alicyclic amines) is 1. The summed E-state index contributed by atoms with van der Waals surface area (Å²) in [6, 6.07) is 9.41. The van der Waals surface area contributed by atoms with Crippen molar-refractivity contribution >= 4 is 17.3 Å². The zero-order valence-corrected chi connectivity index (χ0v) is 12.6. The zero-order valence-electron chi connectivity index (χ0n) is 11.9. The van der Waals surface area contributed by atoms with Crippen molar-refractivity contribution in [3.63, 3.8) is 0 Å². The molecule has 1 atom stereocenters. The average Bonchev–Trinajstić information content (AvgIpc) is 2.43. The minimum atomic E-state index is 0.695. The van der Waals surface area contributed by atoms with Crippen LogP contribution in [0.2, 0.25) is 0 Å². The van der Waals surface area contributed by atoms with E-state index in [1.807, 2.05) is 0 Å². The summed E-state index contributed by atoms with van der Waals surface area (Å²) in [5, 5.41) is 3.52. The van der Waals surface area contributed by atoms with Crippen LogP contribution in [-0.4, -0.2) is 37.0 Å². The molecule has 1 aliphatic rings. The lowest BCUT2D eigenvalue weighted by Crippen LogP contribution is -2.37. The van der Waals surface area contributed by atoms with Gasteiger partial charge in [0, 0.05) is 24.2 Å². The number of alkyl halides is 1. The number of anilines is 1. The van der Waals surface area contributed by atoms with E-state index in [9.17, 15) is 0 Å². The van der Waals surface area contributed by atoms with Crippen molar-refractivity contribution in [2.75, 3.05) is 31.3 Å². The molecule has 1 saturated heterocycles. The molecule has 0 saturated carbocycles. The first kappa shape index (κ1) is 14.7. The number of aryl methyl sites for hydroxylation is 1. The molecule has 0 aliphatic carbocycles. The van der Waals surface area contributed by atoms with E-state index in [0.717, 1.165) is 19.0 Å². The Morgan fingerprint density at radius 2 is 2.05 bits per heavy atom. The molecule has 1 N–H and O–H groups in total. The highest BCUT2D eigenvalue weighted by molar-refractivity contribution is 6.17. The Kier molecular flexibility index (Phi) is 5.99. The third kappa shape index (κ3) is 4.70. The van der Waals surface area contributed by atoms with Gasteiger partial charge in [-0.15, -0.1) is 11.6 Å². The molecule has 2 rings (SSSR count). The van der Waals surface area contributed by atoms with E-state index in [0.29, 0.717) is 5.88 Å². The van der Waals surface area contributed by atoms with Crippen LogP contribution in [0.4, 0.5) is 5.69 Å². The van der Waals surface area contributed by atoms with Gasteiger partial charge in [0.25, 0.3) is 0 Å². The lowest BCUT2D eigenvalue weighted by Gasteiger charge is -2.32. The van der Waals surface area contributed by atoms with Gasteiger partial charge in [0.1, 0.15) is 0 Å². The Morgan fingerprint density at radius 1 is 1.26 bits per heavy atom. The number of piperidine rings is 1.